The lowest BCUT2D eigenvalue weighted by Gasteiger charge is -2.13. The molecule has 0 amide bonds. The molecule has 2 N–H and O–H groups in total. The molecule has 0 aliphatic carbocycles. The number of sulfonamides is 1. The first-order valence-corrected chi connectivity index (χ1v) is 9.30. The molecule has 0 fully saturated rings. The quantitative estimate of drug-likeness (QED) is 0.776. The molecule has 1 aromatic carbocycles. The lowest BCUT2D eigenvalue weighted by molar-refractivity contribution is 0.414. The Hall–Kier alpha value is -1.99. The van der Waals surface area contributed by atoms with Gasteiger partial charge in [-0.3, -0.25) is 4.72 Å². The normalized spacial score (nSPS) is 12.5. The zero-order valence-corrected chi connectivity index (χ0v) is 15.3. The van der Waals surface area contributed by atoms with Gasteiger partial charge in [0, 0.05) is 6.04 Å². The first-order valence-electron chi connectivity index (χ1n) is 7.44. The summed E-state index contributed by atoms with van der Waals surface area (Å²) in [5.74, 6) is 1.11. The van der Waals surface area contributed by atoms with Gasteiger partial charge in [-0.2, -0.15) is 0 Å². The van der Waals surface area contributed by atoms with Crippen LogP contribution in [0.2, 0.25) is 5.02 Å². The molecular weight excluding hydrogens is 350 g/mol. The average molecular weight is 370 g/mol. The number of hydrogen-bond acceptors (Lipinski definition) is 5. The minimum atomic E-state index is -3.75. The van der Waals surface area contributed by atoms with Gasteiger partial charge in [0.1, 0.15) is 11.6 Å². The van der Waals surface area contributed by atoms with Crippen molar-refractivity contribution in [1.29, 1.82) is 0 Å². The minimum Gasteiger partial charge on any atom is -0.495 e. The van der Waals surface area contributed by atoms with Crippen LogP contribution >= 0.6 is 11.6 Å². The summed E-state index contributed by atoms with van der Waals surface area (Å²) in [6, 6.07) is 7.95. The van der Waals surface area contributed by atoms with Crippen molar-refractivity contribution in [1.82, 2.24) is 4.98 Å². The number of methoxy groups -OCH3 is 1. The third-order valence-electron chi connectivity index (χ3n) is 3.46. The fourth-order valence-electron chi connectivity index (χ4n) is 1.92. The van der Waals surface area contributed by atoms with Crippen molar-refractivity contribution in [3.05, 3.63) is 41.6 Å². The first-order chi connectivity index (χ1) is 11.4. The number of ether oxygens (including phenoxy) is 1. The van der Waals surface area contributed by atoms with E-state index in [-0.39, 0.29) is 9.92 Å². The molecule has 6 nitrogen and oxygen atoms in total. The fourth-order valence-corrected chi connectivity index (χ4v) is 3.31. The van der Waals surface area contributed by atoms with Gasteiger partial charge in [-0.15, -0.1) is 0 Å². The molecule has 1 aromatic heterocycles. The topological polar surface area (TPSA) is 80.3 Å². The van der Waals surface area contributed by atoms with Crippen LogP contribution in [0.25, 0.3) is 0 Å². The standard InChI is InChI=1S/C16H20ClN3O3S/c1-4-11(2)19-16-8-5-12(10-18-16)20-24(21,22)13-6-7-15(23-3)14(17)9-13/h5-11,20H,4H2,1-3H3,(H,18,19). The summed E-state index contributed by atoms with van der Waals surface area (Å²) in [4.78, 5) is 4.26. The molecule has 0 radical (unpaired) electrons. The minimum absolute atomic E-state index is 0.0510. The second-order valence-corrected chi connectivity index (χ2v) is 7.38. The van der Waals surface area contributed by atoms with Crippen LogP contribution in [0.4, 0.5) is 11.5 Å². The Kier molecular flexibility index (Phi) is 5.90. The zero-order chi connectivity index (χ0) is 17.7. The van der Waals surface area contributed by atoms with E-state index >= 15 is 0 Å². The van der Waals surface area contributed by atoms with E-state index < -0.39 is 10.0 Å². The second kappa shape index (κ2) is 7.72. The van der Waals surface area contributed by atoms with Crippen molar-refractivity contribution in [2.24, 2.45) is 0 Å². The molecule has 0 aliphatic rings. The van der Waals surface area contributed by atoms with Crippen molar-refractivity contribution in [3.8, 4) is 5.75 Å². The third-order valence-corrected chi connectivity index (χ3v) is 5.13. The van der Waals surface area contributed by atoms with Gasteiger partial charge < -0.3 is 10.1 Å². The van der Waals surface area contributed by atoms with Gasteiger partial charge in [-0.05, 0) is 43.7 Å². The van der Waals surface area contributed by atoms with E-state index in [0.29, 0.717) is 23.3 Å². The number of benzene rings is 1. The molecule has 0 spiro atoms. The maximum absolute atomic E-state index is 12.4. The summed E-state index contributed by atoms with van der Waals surface area (Å²) in [5.41, 5.74) is 0.372. The summed E-state index contributed by atoms with van der Waals surface area (Å²) in [6.07, 6.45) is 2.43. The lowest BCUT2D eigenvalue weighted by Crippen LogP contribution is -2.15. The van der Waals surface area contributed by atoms with Crippen LogP contribution in [0, 0.1) is 0 Å². The number of pyridine rings is 1. The van der Waals surface area contributed by atoms with E-state index in [1.807, 2.05) is 6.92 Å². The van der Waals surface area contributed by atoms with E-state index in [9.17, 15) is 8.42 Å². The number of rotatable bonds is 7. The molecule has 1 atom stereocenters. The Balaban J connectivity index is 2.15. The molecule has 0 saturated heterocycles. The molecule has 24 heavy (non-hydrogen) atoms. The Morgan fingerprint density at radius 1 is 1.29 bits per heavy atom. The van der Waals surface area contributed by atoms with E-state index in [0.717, 1.165) is 6.42 Å². The SMILES string of the molecule is CCC(C)Nc1ccc(NS(=O)(=O)c2ccc(OC)c(Cl)c2)cn1. The predicted molar refractivity (Wildman–Crippen MR) is 96.4 cm³/mol. The van der Waals surface area contributed by atoms with Crippen molar-refractivity contribution >= 4 is 33.1 Å². The van der Waals surface area contributed by atoms with Gasteiger partial charge in [-0.1, -0.05) is 18.5 Å². The molecule has 1 unspecified atom stereocenters. The van der Waals surface area contributed by atoms with Crippen LogP contribution in [0.15, 0.2) is 41.4 Å². The van der Waals surface area contributed by atoms with Crippen LogP contribution in [-0.4, -0.2) is 26.6 Å². The maximum atomic E-state index is 12.4. The summed E-state index contributed by atoms with van der Waals surface area (Å²) in [6.45, 7) is 4.12. The Bertz CT molecular complexity index is 795. The number of hydrogen-bond donors (Lipinski definition) is 2. The summed E-state index contributed by atoms with van der Waals surface area (Å²) >= 11 is 5.98. The average Bonchev–Trinajstić information content (AvgIpc) is 2.56. The highest BCUT2D eigenvalue weighted by Gasteiger charge is 2.16. The Labute approximate surface area is 147 Å². The second-order valence-electron chi connectivity index (χ2n) is 5.29. The van der Waals surface area contributed by atoms with E-state index in [1.54, 1.807) is 12.1 Å². The summed E-state index contributed by atoms with van der Waals surface area (Å²) < 4.78 is 32.3. The molecular formula is C16H20ClN3O3S. The van der Waals surface area contributed by atoms with Crippen LogP contribution < -0.4 is 14.8 Å². The van der Waals surface area contributed by atoms with Gasteiger partial charge in [0.05, 0.1) is 28.9 Å². The zero-order valence-electron chi connectivity index (χ0n) is 13.7. The molecule has 0 bridgehead atoms. The maximum Gasteiger partial charge on any atom is 0.261 e. The van der Waals surface area contributed by atoms with Gasteiger partial charge in [-0.25, -0.2) is 13.4 Å². The number of aromatic nitrogens is 1. The van der Waals surface area contributed by atoms with Gasteiger partial charge in [0.25, 0.3) is 10.0 Å². The van der Waals surface area contributed by atoms with Crippen molar-refractivity contribution < 1.29 is 13.2 Å². The Morgan fingerprint density at radius 2 is 2.04 bits per heavy atom. The summed E-state index contributed by atoms with van der Waals surface area (Å²) in [7, 11) is -2.29. The summed E-state index contributed by atoms with van der Waals surface area (Å²) in [5, 5.41) is 3.44. The molecule has 2 rings (SSSR count). The largest absolute Gasteiger partial charge is 0.495 e. The smallest absolute Gasteiger partial charge is 0.261 e. The van der Waals surface area contributed by atoms with Crippen LogP contribution in [-0.2, 0) is 10.0 Å². The third kappa shape index (κ3) is 4.52. The van der Waals surface area contributed by atoms with Crippen molar-refractivity contribution in [2.45, 2.75) is 31.2 Å². The lowest BCUT2D eigenvalue weighted by atomic mass is 10.2. The molecule has 2 aromatic rings. The number of anilines is 2. The number of nitrogens with one attached hydrogen (secondary N) is 2. The van der Waals surface area contributed by atoms with Crippen molar-refractivity contribution in [3.63, 3.8) is 0 Å². The highest BCUT2D eigenvalue weighted by Crippen LogP contribution is 2.27. The molecule has 0 saturated carbocycles. The fraction of sp³-hybridized carbons (Fsp3) is 0.312. The van der Waals surface area contributed by atoms with E-state index in [2.05, 4.69) is 21.9 Å². The number of halogens is 1. The molecule has 130 valence electrons. The monoisotopic (exact) mass is 369 g/mol. The highest BCUT2D eigenvalue weighted by molar-refractivity contribution is 7.92. The first kappa shape index (κ1) is 18.4. The van der Waals surface area contributed by atoms with Gasteiger partial charge >= 0.3 is 0 Å². The molecule has 1 heterocycles. The molecule has 8 heteroatoms. The van der Waals surface area contributed by atoms with Gasteiger partial charge in [0.2, 0.25) is 0 Å². The van der Waals surface area contributed by atoms with Crippen LogP contribution in [0.5, 0.6) is 5.75 Å². The van der Waals surface area contributed by atoms with Crippen molar-refractivity contribution in [2.75, 3.05) is 17.1 Å². The van der Waals surface area contributed by atoms with E-state index in [4.69, 9.17) is 16.3 Å². The van der Waals surface area contributed by atoms with Gasteiger partial charge in [0.15, 0.2) is 0 Å². The van der Waals surface area contributed by atoms with E-state index in [1.165, 1.54) is 31.5 Å². The molecule has 0 aliphatic heterocycles. The number of nitrogens with zero attached hydrogens (tertiary/aromatic N) is 1. The Morgan fingerprint density at radius 3 is 2.58 bits per heavy atom. The van der Waals surface area contributed by atoms with Crippen LogP contribution in [0.1, 0.15) is 20.3 Å². The highest BCUT2D eigenvalue weighted by atomic mass is 35.5. The van der Waals surface area contributed by atoms with Crippen LogP contribution in [0.3, 0.4) is 0 Å². The predicted octanol–water partition coefficient (Wildman–Crippen LogP) is 3.75.